The molecule has 0 bridgehead atoms. The van der Waals surface area contributed by atoms with Gasteiger partial charge < -0.3 is 24.4 Å². The summed E-state index contributed by atoms with van der Waals surface area (Å²) in [4.78, 5) is 19.8. The molecule has 1 aliphatic rings. The molecule has 4 aromatic rings. The lowest BCUT2D eigenvalue weighted by atomic mass is 10.1. The number of H-pyrrole nitrogens is 1. The zero-order chi connectivity index (χ0) is 23.5. The highest BCUT2D eigenvalue weighted by Crippen LogP contribution is 2.30. The Labute approximate surface area is 201 Å². The molecule has 1 saturated heterocycles. The number of benzene rings is 2. The average Bonchev–Trinajstić information content (AvgIpc) is 3.28. The first-order valence-corrected chi connectivity index (χ1v) is 11.8. The Balaban J connectivity index is 1.35. The number of rotatable bonds is 7. The summed E-state index contributed by atoms with van der Waals surface area (Å²) >= 11 is 0. The van der Waals surface area contributed by atoms with E-state index in [0.717, 1.165) is 72.0 Å². The van der Waals surface area contributed by atoms with Crippen LogP contribution in [0.5, 0.6) is 5.75 Å². The summed E-state index contributed by atoms with van der Waals surface area (Å²) in [6, 6.07) is 16.9. The van der Waals surface area contributed by atoms with Crippen molar-refractivity contribution in [1.82, 2.24) is 24.8 Å². The van der Waals surface area contributed by atoms with Gasteiger partial charge >= 0.3 is 0 Å². The zero-order valence-corrected chi connectivity index (χ0v) is 20.2. The molecule has 34 heavy (non-hydrogen) atoms. The molecule has 0 amide bonds. The first kappa shape index (κ1) is 22.4. The normalized spacial score (nSPS) is 14.8. The molecule has 0 unspecified atom stereocenters. The Morgan fingerprint density at radius 1 is 0.941 bits per heavy atom. The van der Waals surface area contributed by atoms with E-state index in [1.165, 1.54) is 5.69 Å². The number of nitrogens with zero attached hydrogens (tertiary/aromatic N) is 5. The maximum Gasteiger partial charge on any atom is 0.156 e. The van der Waals surface area contributed by atoms with Crippen molar-refractivity contribution in [1.29, 1.82) is 0 Å². The molecule has 0 atom stereocenters. The fourth-order valence-electron chi connectivity index (χ4n) is 4.23. The van der Waals surface area contributed by atoms with E-state index >= 15 is 0 Å². The molecule has 2 aromatic heterocycles. The molecule has 0 radical (unpaired) electrons. The van der Waals surface area contributed by atoms with Crippen LogP contribution in [0, 0.1) is 0 Å². The van der Waals surface area contributed by atoms with Gasteiger partial charge in [0.2, 0.25) is 0 Å². The first-order valence-electron chi connectivity index (χ1n) is 11.8. The van der Waals surface area contributed by atoms with E-state index < -0.39 is 0 Å². The van der Waals surface area contributed by atoms with Crippen LogP contribution < -0.4 is 9.64 Å². The van der Waals surface area contributed by atoms with Gasteiger partial charge in [-0.15, -0.1) is 0 Å². The predicted octanol–water partition coefficient (Wildman–Crippen LogP) is 3.98. The lowest BCUT2D eigenvalue weighted by molar-refractivity contribution is 0.261. The van der Waals surface area contributed by atoms with Gasteiger partial charge in [-0.3, -0.25) is 0 Å². The van der Waals surface area contributed by atoms with Gasteiger partial charge in [0, 0.05) is 55.7 Å². The summed E-state index contributed by atoms with van der Waals surface area (Å²) in [6.07, 6.45) is 3.82. The van der Waals surface area contributed by atoms with Crippen molar-refractivity contribution >= 4 is 16.9 Å². The molecule has 1 aliphatic heterocycles. The molecule has 1 N–H and O–H groups in total. The number of aromatic amines is 1. The third kappa shape index (κ3) is 4.90. The maximum atomic E-state index is 5.83. The highest BCUT2D eigenvalue weighted by molar-refractivity contribution is 5.91. The third-order valence-electron chi connectivity index (χ3n) is 6.38. The maximum absolute atomic E-state index is 5.83. The van der Waals surface area contributed by atoms with Crippen LogP contribution in [0.1, 0.15) is 0 Å². The van der Waals surface area contributed by atoms with Crippen LogP contribution >= 0.6 is 0 Å². The SMILES string of the molecule is CN(C)CCOc1ccc(-c2c[nH]c3ncc(-c4ccc(N5CCN(C)CC5)cc4)nc23)cc1. The summed E-state index contributed by atoms with van der Waals surface area (Å²) in [6.45, 7) is 5.88. The van der Waals surface area contributed by atoms with E-state index in [1.807, 2.05) is 38.6 Å². The molecule has 7 heteroatoms. The lowest BCUT2D eigenvalue weighted by Crippen LogP contribution is -2.44. The van der Waals surface area contributed by atoms with E-state index in [1.54, 1.807) is 0 Å². The van der Waals surface area contributed by atoms with Crippen molar-refractivity contribution in [2.75, 3.05) is 65.4 Å². The van der Waals surface area contributed by atoms with Gasteiger partial charge in [0.15, 0.2) is 5.65 Å². The van der Waals surface area contributed by atoms with Gasteiger partial charge in [0.1, 0.15) is 17.9 Å². The van der Waals surface area contributed by atoms with Crippen molar-refractivity contribution < 1.29 is 4.74 Å². The smallest absolute Gasteiger partial charge is 0.156 e. The minimum atomic E-state index is 0.669. The summed E-state index contributed by atoms with van der Waals surface area (Å²) in [5, 5.41) is 0. The average molecular weight is 457 g/mol. The molecule has 5 rings (SSSR count). The van der Waals surface area contributed by atoms with E-state index in [0.29, 0.717) is 6.61 Å². The number of hydrogen-bond donors (Lipinski definition) is 1. The monoisotopic (exact) mass is 456 g/mol. The summed E-state index contributed by atoms with van der Waals surface area (Å²) in [5.41, 5.74) is 7.01. The molecule has 0 saturated carbocycles. The zero-order valence-electron chi connectivity index (χ0n) is 20.2. The molecule has 3 heterocycles. The summed E-state index contributed by atoms with van der Waals surface area (Å²) < 4.78 is 5.83. The standard InChI is InChI=1S/C27H32N6O/c1-31(2)16-17-34-23-10-6-20(7-11-23)24-18-28-27-26(24)30-25(19-29-27)21-4-8-22(9-5-21)33-14-12-32(3)13-15-33/h4-11,18-19H,12-17H2,1-3H3,(H,28,29). The van der Waals surface area contributed by atoms with Gasteiger partial charge in [-0.2, -0.15) is 0 Å². The number of fused-ring (bicyclic) bond motifs is 1. The van der Waals surface area contributed by atoms with Crippen LogP contribution in [0.4, 0.5) is 5.69 Å². The topological polar surface area (TPSA) is 60.5 Å². The van der Waals surface area contributed by atoms with Crippen LogP contribution in [0.25, 0.3) is 33.5 Å². The van der Waals surface area contributed by atoms with Crippen molar-refractivity contribution in [3.05, 3.63) is 60.9 Å². The fraction of sp³-hybridized carbons (Fsp3) is 0.333. The van der Waals surface area contributed by atoms with E-state index in [4.69, 9.17) is 9.72 Å². The number of piperazine rings is 1. The van der Waals surface area contributed by atoms with Gasteiger partial charge in [-0.05, 0) is 51.0 Å². The number of hydrogen-bond acceptors (Lipinski definition) is 6. The van der Waals surface area contributed by atoms with Crippen molar-refractivity contribution in [2.45, 2.75) is 0 Å². The minimum Gasteiger partial charge on any atom is -0.492 e. The molecule has 176 valence electrons. The molecule has 7 nitrogen and oxygen atoms in total. The molecular weight excluding hydrogens is 424 g/mol. The lowest BCUT2D eigenvalue weighted by Gasteiger charge is -2.34. The number of anilines is 1. The second-order valence-electron chi connectivity index (χ2n) is 9.17. The van der Waals surface area contributed by atoms with Gasteiger partial charge in [0.25, 0.3) is 0 Å². The molecule has 0 spiro atoms. The van der Waals surface area contributed by atoms with Gasteiger partial charge in [-0.1, -0.05) is 24.3 Å². The van der Waals surface area contributed by atoms with Crippen LogP contribution in [-0.2, 0) is 0 Å². The Bertz CT molecular complexity index is 1220. The Kier molecular flexibility index (Phi) is 6.47. The number of nitrogens with one attached hydrogen (secondary N) is 1. The Hall–Kier alpha value is -3.42. The van der Waals surface area contributed by atoms with Crippen LogP contribution in [0.15, 0.2) is 60.9 Å². The summed E-state index contributed by atoms with van der Waals surface area (Å²) in [5.74, 6) is 0.873. The molecule has 2 aromatic carbocycles. The van der Waals surface area contributed by atoms with E-state index in [2.05, 4.69) is 68.1 Å². The second-order valence-corrected chi connectivity index (χ2v) is 9.17. The van der Waals surface area contributed by atoms with Gasteiger partial charge in [0.05, 0.1) is 11.9 Å². The van der Waals surface area contributed by atoms with Crippen molar-refractivity contribution in [3.8, 4) is 28.1 Å². The van der Waals surface area contributed by atoms with E-state index in [-0.39, 0.29) is 0 Å². The van der Waals surface area contributed by atoms with Crippen LogP contribution in [0.2, 0.25) is 0 Å². The van der Waals surface area contributed by atoms with Gasteiger partial charge in [-0.25, -0.2) is 9.97 Å². The quantitative estimate of drug-likeness (QED) is 0.454. The first-order chi connectivity index (χ1) is 16.6. The number of aromatic nitrogens is 3. The molecule has 1 fully saturated rings. The predicted molar refractivity (Wildman–Crippen MR) is 139 cm³/mol. The Morgan fingerprint density at radius 2 is 1.65 bits per heavy atom. The van der Waals surface area contributed by atoms with E-state index in [9.17, 15) is 0 Å². The highest BCUT2D eigenvalue weighted by atomic mass is 16.5. The fourth-order valence-corrected chi connectivity index (χ4v) is 4.23. The van der Waals surface area contributed by atoms with Crippen molar-refractivity contribution in [2.24, 2.45) is 0 Å². The molecule has 0 aliphatic carbocycles. The largest absolute Gasteiger partial charge is 0.492 e. The Morgan fingerprint density at radius 3 is 2.35 bits per heavy atom. The van der Waals surface area contributed by atoms with Crippen molar-refractivity contribution in [3.63, 3.8) is 0 Å². The number of likely N-dealkylation sites (N-methyl/N-ethyl adjacent to an activating group) is 2. The highest BCUT2D eigenvalue weighted by Gasteiger charge is 2.15. The second kappa shape index (κ2) is 9.83. The third-order valence-corrected chi connectivity index (χ3v) is 6.38. The molecular formula is C27H32N6O. The minimum absolute atomic E-state index is 0.669. The van der Waals surface area contributed by atoms with Crippen LogP contribution in [-0.4, -0.2) is 85.2 Å². The van der Waals surface area contributed by atoms with Crippen LogP contribution in [0.3, 0.4) is 0 Å². The summed E-state index contributed by atoms with van der Waals surface area (Å²) in [7, 11) is 6.26. The number of ether oxygens (including phenoxy) is 1.